The lowest BCUT2D eigenvalue weighted by Crippen LogP contribution is -2.38. The summed E-state index contributed by atoms with van der Waals surface area (Å²) >= 11 is 1.11. The quantitative estimate of drug-likeness (QED) is 0.861. The maximum absolute atomic E-state index is 12.3. The molecule has 1 aliphatic carbocycles. The molecule has 1 aliphatic rings. The van der Waals surface area contributed by atoms with Gasteiger partial charge in [-0.1, -0.05) is 0 Å². The first-order valence-electron chi connectivity index (χ1n) is 6.30. The average Bonchev–Trinajstić information content (AvgIpc) is 2.88. The van der Waals surface area contributed by atoms with Crippen molar-refractivity contribution in [2.75, 3.05) is 7.11 Å². The summed E-state index contributed by atoms with van der Waals surface area (Å²) in [4.78, 5) is 10.9. The third-order valence-corrected chi connectivity index (χ3v) is 6.43. The fourth-order valence-corrected chi connectivity index (χ4v) is 4.96. The third-order valence-electron chi connectivity index (χ3n) is 3.46. The van der Waals surface area contributed by atoms with E-state index < -0.39 is 16.0 Å². The summed E-state index contributed by atoms with van der Waals surface area (Å²) in [5, 5.41) is 10.6. The summed E-state index contributed by atoms with van der Waals surface area (Å²) in [7, 11) is -2.17. The van der Waals surface area contributed by atoms with E-state index in [0.29, 0.717) is 31.4 Å². The van der Waals surface area contributed by atoms with Gasteiger partial charge in [0.15, 0.2) is 4.21 Å². The van der Waals surface area contributed by atoms with Crippen LogP contribution in [0.15, 0.2) is 15.7 Å². The molecule has 0 bridgehead atoms. The van der Waals surface area contributed by atoms with Gasteiger partial charge in [0.25, 0.3) is 10.0 Å². The van der Waals surface area contributed by atoms with Crippen molar-refractivity contribution in [2.45, 2.75) is 35.9 Å². The zero-order valence-electron chi connectivity index (χ0n) is 11.0. The minimum absolute atomic E-state index is 0.167. The first-order chi connectivity index (χ1) is 9.44. The maximum Gasteiger partial charge on any atom is 0.306 e. The summed E-state index contributed by atoms with van der Waals surface area (Å²) in [5.41, 5.74) is 0. The lowest BCUT2D eigenvalue weighted by atomic mass is 9.87. The molecule has 8 heteroatoms. The van der Waals surface area contributed by atoms with Crippen molar-refractivity contribution in [3.8, 4) is 5.75 Å². The van der Waals surface area contributed by atoms with Crippen molar-refractivity contribution < 1.29 is 23.1 Å². The molecule has 0 aromatic carbocycles. The Kier molecular flexibility index (Phi) is 4.66. The fraction of sp³-hybridized carbons (Fsp3) is 0.583. The van der Waals surface area contributed by atoms with Crippen LogP contribution in [0.25, 0.3) is 0 Å². The molecule has 6 nitrogen and oxygen atoms in total. The molecule has 1 saturated carbocycles. The second kappa shape index (κ2) is 6.11. The summed E-state index contributed by atoms with van der Waals surface area (Å²) in [6.45, 7) is 0. The van der Waals surface area contributed by atoms with E-state index in [0.717, 1.165) is 11.3 Å². The normalized spacial score (nSPS) is 23.4. The van der Waals surface area contributed by atoms with E-state index in [2.05, 4.69) is 4.72 Å². The molecule has 0 unspecified atom stereocenters. The van der Waals surface area contributed by atoms with Crippen LogP contribution in [0, 0.1) is 5.92 Å². The predicted molar refractivity (Wildman–Crippen MR) is 74.6 cm³/mol. The first kappa shape index (κ1) is 15.3. The van der Waals surface area contributed by atoms with E-state index in [1.165, 1.54) is 7.11 Å². The highest BCUT2D eigenvalue weighted by Gasteiger charge is 2.30. The molecular formula is C12H17NO5S2. The Bertz CT molecular complexity index is 572. The number of thiophene rings is 1. The Morgan fingerprint density at radius 1 is 1.40 bits per heavy atom. The topological polar surface area (TPSA) is 92.7 Å². The predicted octanol–water partition coefficient (Wildman–Crippen LogP) is 1.68. The number of ether oxygens (including phenoxy) is 1. The van der Waals surface area contributed by atoms with Gasteiger partial charge < -0.3 is 9.84 Å². The van der Waals surface area contributed by atoms with Gasteiger partial charge in [-0.05, 0) is 37.1 Å². The molecule has 0 spiro atoms. The van der Waals surface area contributed by atoms with Crippen molar-refractivity contribution in [3.05, 3.63) is 11.4 Å². The number of methoxy groups -OCH3 is 1. The van der Waals surface area contributed by atoms with E-state index >= 15 is 0 Å². The number of hydrogen-bond acceptors (Lipinski definition) is 5. The second-order valence-electron chi connectivity index (χ2n) is 4.78. The molecule has 1 heterocycles. The van der Waals surface area contributed by atoms with Gasteiger partial charge in [0.2, 0.25) is 0 Å². The van der Waals surface area contributed by atoms with Gasteiger partial charge in [-0.25, -0.2) is 13.1 Å². The maximum atomic E-state index is 12.3. The minimum atomic E-state index is -3.60. The summed E-state index contributed by atoms with van der Waals surface area (Å²) < 4.78 is 32.4. The van der Waals surface area contributed by atoms with Crippen LogP contribution in [0.1, 0.15) is 25.7 Å². The SMILES string of the molecule is COc1ccsc1S(=O)(=O)NC1CCC(C(=O)O)CC1. The van der Waals surface area contributed by atoms with Crippen molar-refractivity contribution in [1.29, 1.82) is 0 Å². The number of nitrogens with one attached hydrogen (secondary N) is 1. The fourth-order valence-electron chi connectivity index (χ4n) is 2.36. The van der Waals surface area contributed by atoms with Crippen LogP contribution in [0.5, 0.6) is 5.75 Å². The molecule has 0 radical (unpaired) electrons. The first-order valence-corrected chi connectivity index (χ1v) is 8.67. The Hall–Kier alpha value is -1.12. The number of rotatable bonds is 5. The van der Waals surface area contributed by atoms with E-state index in [4.69, 9.17) is 9.84 Å². The van der Waals surface area contributed by atoms with Gasteiger partial charge in [-0.3, -0.25) is 4.79 Å². The molecule has 1 aromatic heterocycles. The van der Waals surface area contributed by atoms with Crippen LogP contribution in [0.2, 0.25) is 0 Å². The number of carboxylic acids is 1. The monoisotopic (exact) mass is 319 g/mol. The van der Waals surface area contributed by atoms with Crippen molar-refractivity contribution in [1.82, 2.24) is 4.72 Å². The lowest BCUT2D eigenvalue weighted by molar-refractivity contribution is -0.142. The number of carbonyl (C=O) groups is 1. The highest BCUT2D eigenvalue weighted by Crippen LogP contribution is 2.31. The van der Waals surface area contributed by atoms with Crippen LogP contribution in [-0.2, 0) is 14.8 Å². The van der Waals surface area contributed by atoms with Gasteiger partial charge >= 0.3 is 5.97 Å². The molecule has 2 rings (SSSR count). The highest BCUT2D eigenvalue weighted by atomic mass is 32.2. The molecule has 20 heavy (non-hydrogen) atoms. The van der Waals surface area contributed by atoms with Crippen molar-refractivity contribution in [2.24, 2.45) is 5.92 Å². The Morgan fingerprint density at radius 2 is 2.05 bits per heavy atom. The summed E-state index contributed by atoms with van der Waals surface area (Å²) in [6, 6.07) is 1.41. The number of sulfonamides is 1. The summed E-state index contributed by atoms with van der Waals surface area (Å²) in [5.74, 6) is -0.819. The molecule has 1 aromatic rings. The minimum Gasteiger partial charge on any atom is -0.494 e. The van der Waals surface area contributed by atoms with Crippen LogP contribution in [0.3, 0.4) is 0 Å². The molecule has 2 N–H and O–H groups in total. The Labute approximate surface area is 121 Å². The van der Waals surface area contributed by atoms with E-state index in [1.54, 1.807) is 11.4 Å². The Morgan fingerprint density at radius 3 is 2.60 bits per heavy atom. The average molecular weight is 319 g/mol. The molecule has 112 valence electrons. The molecule has 1 fully saturated rings. The molecule has 0 amide bonds. The lowest BCUT2D eigenvalue weighted by Gasteiger charge is -2.26. The van der Waals surface area contributed by atoms with Gasteiger partial charge in [-0.2, -0.15) is 0 Å². The molecular weight excluding hydrogens is 302 g/mol. The van der Waals surface area contributed by atoms with Crippen molar-refractivity contribution in [3.63, 3.8) is 0 Å². The molecule has 0 atom stereocenters. The standard InChI is InChI=1S/C12H17NO5S2/c1-18-10-6-7-19-12(10)20(16,17)13-9-4-2-8(3-5-9)11(14)15/h6-9,13H,2-5H2,1H3,(H,14,15). The number of hydrogen-bond donors (Lipinski definition) is 2. The van der Waals surface area contributed by atoms with Gasteiger partial charge in [0.05, 0.1) is 13.0 Å². The van der Waals surface area contributed by atoms with Crippen LogP contribution >= 0.6 is 11.3 Å². The van der Waals surface area contributed by atoms with Crippen molar-refractivity contribution >= 4 is 27.3 Å². The summed E-state index contributed by atoms with van der Waals surface area (Å²) in [6.07, 6.45) is 2.10. The zero-order valence-corrected chi connectivity index (χ0v) is 12.7. The van der Waals surface area contributed by atoms with Gasteiger partial charge in [-0.15, -0.1) is 11.3 Å². The van der Waals surface area contributed by atoms with E-state index in [1.807, 2.05) is 0 Å². The highest BCUT2D eigenvalue weighted by molar-refractivity contribution is 7.91. The Balaban J connectivity index is 2.02. The van der Waals surface area contributed by atoms with E-state index in [9.17, 15) is 13.2 Å². The third kappa shape index (κ3) is 3.31. The number of carboxylic acid groups (broad SMARTS) is 1. The van der Waals surface area contributed by atoms with Crippen LogP contribution in [0.4, 0.5) is 0 Å². The zero-order chi connectivity index (χ0) is 14.8. The number of aliphatic carboxylic acids is 1. The van der Waals surface area contributed by atoms with Crippen LogP contribution in [-0.4, -0.2) is 32.6 Å². The molecule has 0 aliphatic heterocycles. The van der Waals surface area contributed by atoms with Gasteiger partial charge in [0, 0.05) is 6.04 Å². The van der Waals surface area contributed by atoms with Gasteiger partial charge in [0.1, 0.15) is 5.75 Å². The largest absolute Gasteiger partial charge is 0.494 e. The van der Waals surface area contributed by atoms with Crippen LogP contribution < -0.4 is 9.46 Å². The molecule has 0 saturated heterocycles. The van der Waals surface area contributed by atoms with E-state index in [-0.39, 0.29) is 16.2 Å². The second-order valence-corrected chi connectivity index (χ2v) is 7.61. The smallest absolute Gasteiger partial charge is 0.306 e.